The summed E-state index contributed by atoms with van der Waals surface area (Å²) in [5.41, 5.74) is 0. The maximum Gasteiger partial charge on any atom is 0.332 e. The number of aliphatic carboxylic acids is 1. The van der Waals surface area contributed by atoms with Gasteiger partial charge in [0, 0.05) is 19.3 Å². The molecule has 0 bridgehead atoms. The number of amides is 1. The maximum absolute atomic E-state index is 12.0. The molecule has 3 atom stereocenters. The highest BCUT2D eigenvalue weighted by Crippen LogP contribution is 2.22. The third-order valence-corrected chi connectivity index (χ3v) is 3.93. The molecule has 0 radical (unpaired) electrons. The lowest BCUT2D eigenvalue weighted by atomic mass is 9.93. The van der Waals surface area contributed by atoms with Crippen molar-refractivity contribution < 1.29 is 24.2 Å². The molecule has 0 aromatic heterocycles. The van der Waals surface area contributed by atoms with Gasteiger partial charge in [-0.3, -0.25) is 4.79 Å². The Morgan fingerprint density at radius 2 is 1.79 bits per heavy atom. The van der Waals surface area contributed by atoms with Gasteiger partial charge in [-0.25, -0.2) is 4.79 Å². The van der Waals surface area contributed by atoms with Crippen LogP contribution in [0.5, 0.6) is 0 Å². The smallest absolute Gasteiger partial charge is 0.332 e. The molecule has 6 heteroatoms. The number of rotatable bonds is 4. The fourth-order valence-corrected chi connectivity index (χ4v) is 2.66. The summed E-state index contributed by atoms with van der Waals surface area (Å²) in [5.74, 6) is -0.759. The molecule has 0 aliphatic carbocycles. The zero-order valence-electron chi connectivity index (χ0n) is 11.1. The Labute approximate surface area is 112 Å². The van der Waals surface area contributed by atoms with Gasteiger partial charge in [-0.15, -0.1) is 0 Å². The quantitative estimate of drug-likeness (QED) is 0.780. The van der Waals surface area contributed by atoms with Crippen molar-refractivity contribution in [3.05, 3.63) is 0 Å². The molecule has 2 N–H and O–H groups in total. The Balaban J connectivity index is 1.79. The summed E-state index contributed by atoms with van der Waals surface area (Å²) in [6.45, 7) is 3.47. The Morgan fingerprint density at radius 3 is 2.37 bits per heavy atom. The van der Waals surface area contributed by atoms with Gasteiger partial charge in [0.25, 0.3) is 0 Å². The lowest BCUT2D eigenvalue weighted by Gasteiger charge is -2.29. The molecule has 2 saturated heterocycles. The molecule has 0 aromatic rings. The molecule has 0 aromatic carbocycles. The van der Waals surface area contributed by atoms with E-state index in [-0.39, 0.29) is 11.9 Å². The lowest BCUT2D eigenvalue weighted by molar-refractivity contribution is -0.152. The van der Waals surface area contributed by atoms with Crippen LogP contribution in [-0.4, -0.2) is 48.4 Å². The first-order valence-electron chi connectivity index (χ1n) is 6.84. The molecule has 1 amide bonds. The van der Waals surface area contributed by atoms with Crippen molar-refractivity contribution in [2.75, 3.05) is 13.2 Å². The van der Waals surface area contributed by atoms with E-state index in [0.29, 0.717) is 18.8 Å². The fraction of sp³-hybridized carbons (Fsp3) is 0.846. The van der Waals surface area contributed by atoms with E-state index in [0.717, 1.165) is 26.1 Å². The molecule has 2 fully saturated rings. The van der Waals surface area contributed by atoms with Crippen LogP contribution in [0.15, 0.2) is 0 Å². The van der Waals surface area contributed by atoms with Gasteiger partial charge in [0.15, 0.2) is 6.10 Å². The molecule has 6 nitrogen and oxygen atoms in total. The van der Waals surface area contributed by atoms with Crippen molar-refractivity contribution in [1.29, 1.82) is 0 Å². The summed E-state index contributed by atoms with van der Waals surface area (Å²) in [6.07, 6.45) is 1.31. The summed E-state index contributed by atoms with van der Waals surface area (Å²) in [5, 5.41) is 11.8. The van der Waals surface area contributed by atoms with E-state index in [4.69, 9.17) is 14.6 Å². The van der Waals surface area contributed by atoms with Crippen molar-refractivity contribution in [3.8, 4) is 0 Å². The molecule has 0 saturated carbocycles. The van der Waals surface area contributed by atoms with E-state index in [1.807, 2.05) is 6.92 Å². The number of carboxylic acids is 1. The number of hydrogen-bond acceptors (Lipinski definition) is 4. The Morgan fingerprint density at radius 1 is 1.16 bits per heavy atom. The Kier molecular flexibility index (Phi) is 4.76. The predicted octanol–water partition coefficient (Wildman–Crippen LogP) is 0.550. The van der Waals surface area contributed by atoms with E-state index < -0.39 is 18.2 Å². The minimum atomic E-state index is -0.993. The van der Waals surface area contributed by atoms with Crippen LogP contribution in [0.4, 0.5) is 0 Å². The van der Waals surface area contributed by atoms with E-state index >= 15 is 0 Å². The van der Waals surface area contributed by atoms with Crippen molar-refractivity contribution in [1.82, 2.24) is 5.32 Å². The SMILES string of the molecule is CC(NC(=O)C1CCC(C(=O)O)O1)C1CCOCC1. The van der Waals surface area contributed by atoms with Crippen molar-refractivity contribution in [2.45, 2.75) is 50.9 Å². The molecular weight excluding hydrogens is 250 g/mol. The summed E-state index contributed by atoms with van der Waals surface area (Å²) < 4.78 is 10.5. The van der Waals surface area contributed by atoms with Crippen LogP contribution in [0, 0.1) is 5.92 Å². The summed E-state index contributed by atoms with van der Waals surface area (Å²) >= 11 is 0. The minimum Gasteiger partial charge on any atom is -0.479 e. The molecule has 2 aliphatic rings. The molecule has 2 rings (SSSR count). The fourth-order valence-electron chi connectivity index (χ4n) is 2.66. The summed E-state index contributed by atoms with van der Waals surface area (Å²) in [4.78, 5) is 22.8. The third-order valence-electron chi connectivity index (χ3n) is 3.93. The molecule has 2 heterocycles. The van der Waals surface area contributed by atoms with Crippen molar-refractivity contribution in [2.24, 2.45) is 5.92 Å². The van der Waals surface area contributed by atoms with Crippen LogP contribution in [0.1, 0.15) is 32.6 Å². The zero-order valence-corrected chi connectivity index (χ0v) is 11.1. The van der Waals surface area contributed by atoms with Gasteiger partial charge in [-0.1, -0.05) is 0 Å². The standard InChI is InChI=1S/C13H21NO5/c1-8(9-4-6-18-7-5-9)14-12(15)10-2-3-11(19-10)13(16)17/h8-11H,2-7H2,1H3,(H,14,15)(H,16,17). The predicted molar refractivity (Wildman–Crippen MR) is 66.7 cm³/mol. The van der Waals surface area contributed by atoms with Crippen molar-refractivity contribution >= 4 is 11.9 Å². The first-order valence-corrected chi connectivity index (χ1v) is 6.84. The molecule has 0 spiro atoms. The summed E-state index contributed by atoms with van der Waals surface area (Å²) in [7, 11) is 0. The molecule has 3 unspecified atom stereocenters. The zero-order chi connectivity index (χ0) is 13.8. The number of nitrogens with one attached hydrogen (secondary N) is 1. The van der Waals surface area contributed by atoms with Gasteiger partial charge in [-0.05, 0) is 38.5 Å². The van der Waals surface area contributed by atoms with E-state index in [1.54, 1.807) is 0 Å². The van der Waals surface area contributed by atoms with Gasteiger partial charge in [0.05, 0.1) is 0 Å². The van der Waals surface area contributed by atoms with Crippen LogP contribution < -0.4 is 5.32 Å². The van der Waals surface area contributed by atoms with Crippen molar-refractivity contribution in [3.63, 3.8) is 0 Å². The van der Waals surface area contributed by atoms with Crippen LogP contribution in [0.2, 0.25) is 0 Å². The van der Waals surface area contributed by atoms with E-state index in [9.17, 15) is 9.59 Å². The number of carbonyl (C=O) groups is 2. The van der Waals surface area contributed by atoms with Gasteiger partial charge in [-0.2, -0.15) is 0 Å². The first-order chi connectivity index (χ1) is 9.08. The highest BCUT2D eigenvalue weighted by molar-refractivity contribution is 5.82. The number of carboxylic acid groups (broad SMARTS) is 1. The van der Waals surface area contributed by atoms with E-state index in [2.05, 4.69) is 5.32 Å². The topological polar surface area (TPSA) is 84.9 Å². The second-order valence-corrected chi connectivity index (χ2v) is 5.28. The van der Waals surface area contributed by atoms with Gasteiger partial charge in [0.1, 0.15) is 6.10 Å². The number of carbonyl (C=O) groups excluding carboxylic acids is 1. The molecule has 2 aliphatic heterocycles. The molecule has 108 valence electrons. The number of ether oxygens (including phenoxy) is 2. The van der Waals surface area contributed by atoms with Gasteiger partial charge >= 0.3 is 5.97 Å². The first kappa shape index (κ1) is 14.3. The van der Waals surface area contributed by atoms with Crippen LogP contribution in [0.3, 0.4) is 0 Å². The van der Waals surface area contributed by atoms with Crippen LogP contribution in [0.25, 0.3) is 0 Å². The monoisotopic (exact) mass is 271 g/mol. The Hall–Kier alpha value is -1.14. The second-order valence-electron chi connectivity index (χ2n) is 5.28. The third kappa shape index (κ3) is 3.67. The molecular formula is C13H21NO5. The molecule has 19 heavy (non-hydrogen) atoms. The minimum absolute atomic E-state index is 0.0730. The van der Waals surface area contributed by atoms with Crippen LogP contribution in [-0.2, 0) is 19.1 Å². The largest absolute Gasteiger partial charge is 0.479 e. The average Bonchev–Trinajstić information content (AvgIpc) is 2.89. The summed E-state index contributed by atoms with van der Waals surface area (Å²) in [6, 6.07) is 0.0730. The Bertz CT molecular complexity index is 340. The normalized spacial score (nSPS) is 29.9. The highest BCUT2D eigenvalue weighted by Gasteiger charge is 2.35. The average molecular weight is 271 g/mol. The van der Waals surface area contributed by atoms with Gasteiger partial charge < -0.3 is 19.9 Å². The van der Waals surface area contributed by atoms with Crippen LogP contribution >= 0.6 is 0 Å². The lowest BCUT2D eigenvalue weighted by Crippen LogP contribution is -2.45. The van der Waals surface area contributed by atoms with Gasteiger partial charge in [0.2, 0.25) is 5.91 Å². The number of hydrogen-bond donors (Lipinski definition) is 2. The second kappa shape index (κ2) is 6.34. The maximum atomic E-state index is 12.0. The van der Waals surface area contributed by atoms with E-state index in [1.165, 1.54) is 0 Å². The highest BCUT2D eigenvalue weighted by atomic mass is 16.5.